The highest BCUT2D eigenvalue weighted by Gasteiger charge is 2.54. The number of hydrogen-bond acceptors (Lipinski definition) is 5. The third-order valence-corrected chi connectivity index (χ3v) is 7.53. The lowest BCUT2D eigenvalue weighted by Crippen LogP contribution is -2.61. The van der Waals surface area contributed by atoms with Crippen LogP contribution in [0.15, 0.2) is 0 Å². The maximum absolute atomic E-state index is 13.1. The van der Waals surface area contributed by atoms with Gasteiger partial charge in [-0.1, -0.05) is 32.1 Å². The molecule has 3 fully saturated rings. The number of aromatic nitrogens is 3. The fraction of sp³-hybridized carbons (Fsp3) is 0.810. The fourth-order valence-electron chi connectivity index (χ4n) is 6.23. The number of rotatable bonds is 1. The lowest BCUT2D eigenvalue weighted by atomic mass is 9.64. The predicted molar refractivity (Wildman–Crippen MR) is 107 cm³/mol. The lowest BCUT2D eigenvalue weighted by molar-refractivity contribution is -0.118. The molecular weight excluding hydrogens is 370 g/mol. The highest BCUT2D eigenvalue weighted by molar-refractivity contribution is 5.94. The Labute approximate surface area is 171 Å². The number of hydrogen-bond donors (Lipinski definition) is 0. The minimum atomic E-state index is -0.146. The van der Waals surface area contributed by atoms with Gasteiger partial charge in [-0.3, -0.25) is 14.5 Å². The molecule has 0 radical (unpaired) electrons. The molecule has 8 nitrogen and oxygen atoms in total. The molecule has 29 heavy (non-hydrogen) atoms. The molecule has 0 aromatic carbocycles. The van der Waals surface area contributed by atoms with Gasteiger partial charge in [-0.2, -0.15) is 4.98 Å². The summed E-state index contributed by atoms with van der Waals surface area (Å²) in [7, 11) is 0. The van der Waals surface area contributed by atoms with Crippen molar-refractivity contribution in [3.8, 4) is 0 Å². The molecule has 2 atom stereocenters. The summed E-state index contributed by atoms with van der Waals surface area (Å²) in [4.78, 5) is 34.1. The second-order valence-electron chi connectivity index (χ2n) is 9.06. The zero-order valence-electron chi connectivity index (χ0n) is 17.3. The second kappa shape index (κ2) is 7.38. The molecule has 1 saturated heterocycles. The van der Waals surface area contributed by atoms with E-state index in [2.05, 4.69) is 0 Å². The molecule has 3 heterocycles. The molecule has 2 saturated carbocycles. The molecule has 158 valence electrons. The first-order valence-electron chi connectivity index (χ1n) is 11.3. The Balaban J connectivity index is 1.60. The first-order chi connectivity index (χ1) is 14.1. The molecule has 1 aromatic rings. The minimum Gasteiger partial charge on any atom is -0.378 e. The molecule has 2 unspecified atom stereocenters. The number of anilines is 1. The van der Waals surface area contributed by atoms with E-state index < -0.39 is 0 Å². The van der Waals surface area contributed by atoms with E-state index in [1.54, 1.807) is 11.8 Å². The van der Waals surface area contributed by atoms with Crippen LogP contribution in [0, 0.1) is 5.92 Å². The van der Waals surface area contributed by atoms with Crippen molar-refractivity contribution in [2.75, 3.05) is 31.2 Å². The Morgan fingerprint density at radius 1 is 1.03 bits per heavy atom. The zero-order valence-corrected chi connectivity index (χ0v) is 17.3. The third kappa shape index (κ3) is 2.98. The average molecular weight is 402 g/mol. The van der Waals surface area contributed by atoms with Gasteiger partial charge in [0.25, 0.3) is 5.91 Å². The van der Waals surface area contributed by atoms with Gasteiger partial charge in [0.2, 0.25) is 17.7 Å². The summed E-state index contributed by atoms with van der Waals surface area (Å²) in [6, 6.07) is 0.183. The Morgan fingerprint density at radius 3 is 2.48 bits per heavy atom. The van der Waals surface area contributed by atoms with Crippen LogP contribution in [0.25, 0.3) is 0 Å². The number of nitrogens with zero attached hydrogens (tertiary/aromatic N) is 5. The number of morpholine rings is 1. The molecular formula is C21H31N5O3. The Kier molecular flexibility index (Phi) is 4.84. The van der Waals surface area contributed by atoms with Crippen LogP contribution in [0.2, 0.25) is 0 Å². The molecule has 2 aliphatic heterocycles. The first kappa shape index (κ1) is 19.0. The molecule has 5 rings (SSSR count). The summed E-state index contributed by atoms with van der Waals surface area (Å²) >= 11 is 0. The summed E-state index contributed by atoms with van der Waals surface area (Å²) in [6.07, 6.45) is 10.2. The first-order valence-corrected chi connectivity index (χ1v) is 11.3. The van der Waals surface area contributed by atoms with Gasteiger partial charge in [0.15, 0.2) is 0 Å². The van der Waals surface area contributed by atoms with Crippen LogP contribution in [0.1, 0.15) is 75.3 Å². The molecule has 2 amide bonds. The van der Waals surface area contributed by atoms with Crippen molar-refractivity contribution in [1.82, 2.24) is 19.7 Å². The van der Waals surface area contributed by atoms with E-state index in [1.807, 2.05) is 9.58 Å². The number of carbonyl (C=O) groups excluding carboxylic acids is 2. The monoisotopic (exact) mass is 401 g/mol. The van der Waals surface area contributed by atoms with E-state index in [9.17, 15) is 9.59 Å². The molecule has 2 aliphatic carbocycles. The average Bonchev–Trinajstić information content (AvgIpc) is 3.20. The van der Waals surface area contributed by atoms with Crippen LogP contribution in [0.3, 0.4) is 0 Å². The van der Waals surface area contributed by atoms with Crippen molar-refractivity contribution in [2.45, 2.75) is 76.3 Å². The maximum Gasteiger partial charge on any atom is 0.293 e. The fourth-order valence-corrected chi connectivity index (χ4v) is 6.23. The zero-order chi connectivity index (χ0) is 20.0. The second-order valence-corrected chi connectivity index (χ2v) is 9.06. The van der Waals surface area contributed by atoms with Crippen molar-refractivity contribution in [3.63, 3.8) is 0 Å². The van der Waals surface area contributed by atoms with Crippen molar-refractivity contribution >= 4 is 17.8 Å². The Morgan fingerprint density at radius 2 is 1.76 bits per heavy atom. The number of carbonyl (C=O) groups is 2. The van der Waals surface area contributed by atoms with Crippen LogP contribution in [-0.4, -0.2) is 63.8 Å². The van der Waals surface area contributed by atoms with Crippen molar-refractivity contribution < 1.29 is 14.3 Å². The highest BCUT2D eigenvalue weighted by Crippen LogP contribution is 2.52. The lowest BCUT2D eigenvalue weighted by Gasteiger charge is -2.55. The minimum absolute atomic E-state index is 0.00609. The van der Waals surface area contributed by atoms with Gasteiger partial charge in [0.1, 0.15) is 0 Å². The number of ether oxygens (including phenoxy) is 1. The maximum atomic E-state index is 13.1. The van der Waals surface area contributed by atoms with E-state index in [-0.39, 0.29) is 29.2 Å². The Hall–Kier alpha value is -1.96. The Bertz CT molecular complexity index is 794. The summed E-state index contributed by atoms with van der Waals surface area (Å²) in [6.45, 7) is 3.85. The molecule has 0 bridgehead atoms. The largest absolute Gasteiger partial charge is 0.378 e. The quantitative estimate of drug-likeness (QED) is 0.722. The van der Waals surface area contributed by atoms with Crippen LogP contribution >= 0.6 is 0 Å². The van der Waals surface area contributed by atoms with Gasteiger partial charge in [0.05, 0.1) is 18.8 Å². The van der Waals surface area contributed by atoms with Gasteiger partial charge in [0, 0.05) is 32.0 Å². The topological polar surface area (TPSA) is 80.6 Å². The van der Waals surface area contributed by atoms with Gasteiger partial charge >= 0.3 is 0 Å². The van der Waals surface area contributed by atoms with Crippen molar-refractivity contribution in [1.29, 1.82) is 0 Å². The van der Waals surface area contributed by atoms with Crippen molar-refractivity contribution in [3.05, 3.63) is 5.82 Å². The van der Waals surface area contributed by atoms with Crippen LogP contribution in [0.4, 0.5) is 5.95 Å². The normalized spacial score (nSPS) is 28.7. The standard InChI is InChI=1S/C21H31N5O3/c1-15(27)25-17-8-4-3-7-16(17)21(9-5-2-6-10-21)26-20(25)22-18(23-26)19(28)24-11-13-29-14-12-24/h16-17H,2-14H2,1H3. The third-order valence-electron chi connectivity index (χ3n) is 7.53. The summed E-state index contributed by atoms with van der Waals surface area (Å²) in [5.74, 6) is 1.09. The molecule has 8 heteroatoms. The molecule has 0 N–H and O–H groups in total. The molecule has 4 aliphatic rings. The van der Waals surface area contributed by atoms with Crippen molar-refractivity contribution in [2.24, 2.45) is 5.92 Å². The van der Waals surface area contributed by atoms with E-state index in [0.29, 0.717) is 38.2 Å². The smallest absolute Gasteiger partial charge is 0.293 e. The predicted octanol–water partition coefficient (Wildman–Crippen LogP) is 2.34. The summed E-state index contributed by atoms with van der Waals surface area (Å²) in [5.41, 5.74) is -0.0961. The van der Waals surface area contributed by atoms with E-state index in [1.165, 1.54) is 25.7 Å². The number of amides is 2. The summed E-state index contributed by atoms with van der Waals surface area (Å²) in [5, 5.41) is 4.81. The molecule has 1 aromatic heterocycles. The SMILES string of the molecule is CC(=O)N1c2nc(C(=O)N3CCOCC3)nn2C2(CCCCC2)C2CCCCC21. The summed E-state index contributed by atoms with van der Waals surface area (Å²) < 4.78 is 7.38. The number of fused-ring (bicyclic) bond motifs is 4. The van der Waals surface area contributed by atoms with Crippen LogP contribution < -0.4 is 4.90 Å². The van der Waals surface area contributed by atoms with Gasteiger partial charge in [-0.25, -0.2) is 4.68 Å². The van der Waals surface area contributed by atoms with E-state index >= 15 is 0 Å². The van der Waals surface area contributed by atoms with Crippen LogP contribution in [-0.2, 0) is 15.1 Å². The highest BCUT2D eigenvalue weighted by atomic mass is 16.5. The van der Waals surface area contributed by atoms with E-state index in [0.717, 1.165) is 32.1 Å². The van der Waals surface area contributed by atoms with E-state index in [4.69, 9.17) is 14.8 Å². The van der Waals surface area contributed by atoms with Crippen LogP contribution in [0.5, 0.6) is 0 Å². The van der Waals surface area contributed by atoms with Gasteiger partial charge in [-0.05, 0) is 25.7 Å². The van der Waals surface area contributed by atoms with Gasteiger partial charge in [-0.15, -0.1) is 5.10 Å². The molecule has 1 spiro atoms. The van der Waals surface area contributed by atoms with Gasteiger partial charge < -0.3 is 9.64 Å².